The van der Waals surface area contributed by atoms with Gasteiger partial charge in [0.05, 0.1) is 11.9 Å². The van der Waals surface area contributed by atoms with Crippen LogP contribution in [0.2, 0.25) is 0 Å². The first-order valence-electron chi connectivity index (χ1n) is 6.56. The van der Waals surface area contributed by atoms with Crippen LogP contribution in [0.25, 0.3) is 16.9 Å². The zero-order valence-corrected chi connectivity index (χ0v) is 11.5. The van der Waals surface area contributed by atoms with Crippen LogP contribution < -0.4 is 0 Å². The van der Waals surface area contributed by atoms with E-state index in [2.05, 4.69) is 5.10 Å². The largest absolute Gasteiger partial charge is 0.504 e. The van der Waals surface area contributed by atoms with Gasteiger partial charge < -0.3 is 5.11 Å². The second-order valence-electron chi connectivity index (χ2n) is 5.01. The average Bonchev–Trinajstić information content (AvgIpc) is 2.82. The molecule has 1 heterocycles. The molecule has 1 N–H and O–H groups in total. The zero-order chi connectivity index (χ0) is 14.1. The smallest absolute Gasteiger partial charge is 0.162 e. The van der Waals surface area contributed by atoms with Gasteiger partial charge in [0.15, 0.2) is 5.75 Å². The summed E-state index contributed by atoms with van der Waals surface area (Å²) in [6.07, 6.45) is 1.64. The van der Waals surface area contributed by atoms with Gasteiger partial charge in [0.1, 0.15) is 5.69 Å². The molecule has 0 aliphatic carbocycles. The first-order chi connectivity index (χ1) is 9.63. The van der Waals surface area contributed by atoms with E-state index in [-0.39, 0.29) is 5.75 Å². The summed E-state index contributed by atoms with van der Waals surface area (Å²) in [5.41, 5.74) is 4.81. The lowest BCUT2D eigenvalue weighted by Gasteiger charge is -2.01. The number of nitrogens with zero attached hydrogens (tertiary/aromatic N) is 2. The van der Waals surface area contributed by atoms with Crippen molar-refractivity contribution in [3.05, 3.63) is 65.9 Å². The number of aromatic hydroxyl groups is 1. The lowest BCUT2D eigenvalue weighted by molar-refractivity contribution is 0.477. The van der Waals surface area contributed by atoms with Gasteiger partial charge in [-0.15, -0.1) is 0 Å². The molecule has 1 aromatic heterocycles. The third-order valence-corrected chi connectivity index (χ3v) is 3.28. The van der Waals surface area contributed by atoms with Gasteiger partial charge in [-0.05, 0) is 32.0 Å². The summed E-state index contributed by atoms with van der Waals surface area (Å²) in [6, 6.07) is 16.0. The molecule has 0 fully saturated rings. The maximum absolute atomic E-state index is 10.1. The highest BCUT2D eigenvalue weighted by molar-refractivity contribution is 5.66. The van der Waals surface area contributed by atoms with Crippen LogP contribution in [0.15, 0.2) is 54.7 Å². The van der Waals surface area contributed by atoms with Crippen molar-refractivity contribution in [3.8, 4) is 22.7 Å². The van der Waals surface area contributed by atoms with Crippen molar-refractivity contribution in [2.45, 2.75) is 13.8 Å². The molecule has 2 aromatic carbocycles. The Morgan fingerprint density at radius 1 is 0.950 bits per heavy atom. The van der Waals surface area contributed by atoms with Gasteiger partial charge in [0.25, 0.3) is 0 Å². The Morgan fingerprint density at radius 2 is 1.70 bits per heavy atom. The monoisotopic (exact) mass is 264 g/mol. The molecule has 3 heteroatoms. The Labute approximate surface area is 118 Å². The molecule has 3 aromatic rings. The summed E-state index contributed by atoms with van der Waals surface area (Å²) < 4.78 is 1.70. The molecule has 3 nitrogen and oxygen atoms in total. The van der Waals surface area contributed by atoms with Crippen molar-refractivity contribution in [3.63, 3.8) is 0 Å². The van der Waals surface area contributed by atoms with E-state index in [4.69, 9.17) is 0 Å². The van der Waals surface area contributed by atoms with E-state index in [1.165, 1.54) is 5.56 Å². The highest BCUT2D eigenvalue weighted by atomic mass is 16.3. The van der Waals surface area contributed by atoms with E-state index < -0.39 is 0 Å². The lowest BCUT2D eigenvalue weighted by atomic mass is 10.1. The standard InChI is InChI=1S/C17H16N2O/c1-12-6-8-15(9-7-12)19-11-16(20)17(18-19)14-5-3-4-13(2)10-14/h3-11,20H,1-2H3. The number of hydrogen-bond acceptors (Lipinski definition) is 2. The Morgan fingerprint density at radius 3 is 2.40 bits per heavy atom. The molecular weight excluding hydrogens is 248 g/mol. The van der Waals surface area contributed by atoms with Crippen molar-refractivity contribution in [2.75, 3.05) is 0 Å². The van der Waals surface area contributed by atoms with E-state index >= 15 is 0 Å². The van der Waals surface area contributed by atoms with E-state index in [0.717, 1.165) is 16.8 Å². The van der Waals surface area contributed by atoms with Crippen LogP contribution in [0.1, 0.15) is 11.1 Å². The second kappa shape index (κ2) is 4.85. The Hall–Kier alpha value is -2.55. The third-order valence-electron chi connectivity index (χ3n) is 3.28. The molecule has 0 aliphatic rings. The minimum atomic E-state index is 0.191. The van der Waals surface area contributed by atoms with Gasteiger partial charge in [-0.3, -0.25) is 0 Å². The molecule has 0 bridgehead atoms. The van der Waals surface area contributed by atoms with Gasteiger partial charge in [-0.25, -0.2) is 4.68 Å². The highest BCUT2D eigenvalue weighted by Gasteiger charge is 2.11. The predicted molar refractivity (Wildman–Crippen MR) is 80.1 cm³/mol. The number of rotatable bonds is 2. The van der Waals surface area contributed by atoms with E-state index in [1.807, 2.05) is 62.4 Å². The summed E-state index contributed by atoms with van der Waals surface area (Å²) >= 11 is 0. The molecule has 0 aliphatic heterocycles. The van der Waals surface area contributed by atoms with E-state index in [1.54, 1.807) is 10.9 Å². The van der Waals surface area contributed by atoms with Gasteiger partial charge in [0, 0.05) is 5.56 Å². The quantitative estimate of drug-likeness (QED) is 0.763. The zero-order valence-electron chi connectivity index (χ0n) is 11.5. The molecular formula is C17H16N2O. The molecule has 0 unspecified atom stereocenters. The SMILES string of the molecule is Cc1ccc(-n2cc(O)c(-c3cccc(C)c3)n2)cc1. The first kappa shape index (κ1) is 12.5. The van der Waals surface area contributed by atoms with Gasteiger partial charge >= 0.3 is 0 Å². The molecule has 20 heavy (non-hydrogen) atoms. The van der Waals surface area contributed by atoms with Crippen LogP contribution in [0.3, 0.4) is 0 Å². The number of aryl methyl sites for hydroxylation is 2. The minimum absolute atomic E-state index is 0.191. The normalized spacial score (nSPS) is 10.7. The van der Waals surface area contributed by atoms with Crippen molar-refractivity contribution in [1.29, 1.82) is 0 Å². The molecule has 100 valence electrons. The van der Waals surface area contributed by atoms with Crippen LogP contribution in [0, 0.1) is 13.8 Å². The molecule has 0 amide bonds. The summed E-state index contributed by atoms with van der Waals surface area (Å²) in [4.78, 5) is 0. The molecule has 0 saturated carbocycles. The summed E-state index contributed by atoms with van der Waals surface area (Å²) in [5, 5.41) is 14.6. The van der Waals surface area contributed by atoms with Crippen LogP contribution in [-0.4, -0.2) is 14.9 Å². The van der Waals surface area contributed by atoms with Crippen LogP contribution in [-0.2, 0) is 0 Å². The topological polar surface area (TPSA) is 38.0 Å². The molecule has 0 atom stereocenters. The van der Waals surface area contributed by atoms with Crippen molar-refractivity contribution in [2.24, 2.45) is 0 Å². The second-order valence-corrected chi connectivity index (χ2v) is 5.01. The summed E-state index contributed by atoms with van der Waals surface area (Å²) in [6.45, 7) is 4.07. The van der Waals surface area contributed by atoms with Crippen LogP contribution in [0.4, 0.5) is 0 Å². The molecule has 0 radical (unpaired) electrons. The average molecular weight is 264 g/mol. The number of benzene rings is 2. The molecule has 3 rings (SSSR count). The van der Waals surface area contributed by atoms with Gasteiger partial charge in [-0.2, -0.15) is 5.10 Å². The van der Waals surface area contributed by atoms with Crippen LogP contribution >= 0.6 is 0 Å². The Balaban J connectivity index is 2.05. The fourth-order valence-corrected chi connectivity index (χ4v) is 2.19. The Bertz CT molecular complexity index is 742. The first-order valence-corrected chi connectivity index (χ1v) is 6.56. The van der Waals surface area contributed by atoms with Gasteiger partial charge in [0.2, 0.25) is 0 Å². The maximum Gasteiger partial charge on any atom is 0.162 e. The predicted octanol–water partition coefficient (Wildman–Crippen LogP) is 3.86. The molecule has 0 spiro atoms. The third kappa shape index (κ3) is 2.30. The number of hydrogen-bond donors (Lipinski definition) is 1. The lowest BCUT2D eigenvalue weighted by Crippen LogP contribution is -1.94. The highest BCUT2D eigenvalue weighted by Crippen LogP contribution is 2.29. The Kier molecular flexibility index (Phi) is 3.03. The van der Waals surface area contributed by atoms with Crippen molar-refractivity contribution in [1.82, 2.24) is 9.78 Å². The molecule has 0 saturated heterocycles. The summed E-state index contributed by atoms with van der Waals surface area (Å²) in [7, 11) is 0. The van der Waals surface area contributed by atoms with E-state index in [0.29, 0.717) is 5.69 Å². The maximum atomic E-state index is 10.1. The minimum Gasteiger partial charge on any atom is -0.504 e. The number of aromatic nitrogens is 2. The van der Waals surface area contributed by atoms with E-state index in [9.17, 15) is 5.11 Å². The summed E-state index contributed by atoms with van der Waals surface area (Å²) in [5.74, 6) is 0.191. The fraction of sp³-hybridized carbons (Fsp3) is 0.118. The van der Waals surface area contributed by atoms with Crippen molar-refractivity contribution < 1.29 is 5.11 Å². The van der Waals surface area contributed by atoms with Crippen LogP contribution in [0.5, 0.6) is 5.75 Å². The van der Waals surface area contributed by atoms with Gasteiger partial charge in [-0.1, -0.05) is 41.5 Å². The fourth-order valence-electron chi connectivity index (χ4n) is 2.19. The van der Waals surface area contributed by atoms with Crippen molar-refractivity contribution >= 4 is 0 Å².